The van der Waals surface area contributed by atoms with Gasteiger partial charge in [0.25, 0.3) is 0 Å². The van der Waals surface area contributed by atoms with Gasteiger partial charge in [-0.25, -0.2) is 4.98 Å². The number of hydrogen-bond acceptors (Lipinski definition) is 4. The van der Waals surface area contributed by atoms with Crippen LogP contribution >= 0.6 is 0 Å². The SMILES string of the molecule is C1=CCCC(N(c2ccccc2)c2ccc(C3=CC4c5cc6oc(-c7ccccc7)nc6cc5NC4C=C3)cc2)=C1. The summed E-state index contributed by atoms with van der Waals surface area (Å²) in [6, 6.07) is 34.2. The van der Waals surface area contributed by atoms with Crippen LogP contribution in [0.15, 0.2) is 144 Å². The summed E-state index contributed by atoms with van der Waals surface area (Å²) in [5.74, 6) is 0.893. The Hall–Kier alpha value is -5.09. The van der Waals surface area contributed by atoms with Gasteiger partial charge >= 0.3 is 0 Å². The molecule has 198 valence electrons. The topological polar surface area (TPSA) is 41.3 Å². The maximum absolute atomic E-state index is 6.20. The van der Waals surface area contributed by atoms with E-state index < -0.39 is 0 Å². The quantitative estimate of drug-likeness (QED) is 0.245. The lowest BCUT2D eigenvalue weighted by Gasteiger charge is -2.29. The highest BCUT2D eigenvalue weighted by atomic mass is 16.3. The third-order valence-corrected chi connectivity index (χ3v) is 8.24. The van der Waals surface area contributed by atoms with Crippen LogP contribution in [0.3, 0.4) is 0 Å². The summed E-state index contributed by atoms with van der Waals surface area (Å²) in [6.45, 7) is 0. The van der Waals surface area contributed by atoms with E-state index in [-0.39, 0.29) is 12.0 Å². The molecule has 0 fully saturated rings. The number of hydrogen-bond donors (Lipinski definition) is 1. The van der Waals surface area contributed by atoms with Gasteiger partial charge in [-0.2, -0.15) is 0 Å². The van der Waals surface area contributed by atoms with Crippen LogP contribution in [0.25, 0.3) is 28.1 Å². The van der Waals surface area contributed by atoms with Crippen LogP contribution in [0.4, 0.5) is 17.1 Å². The lowest BCUT2D eigenvalue weighted by atomic mass is 9.86. The van der Waals surface area contributed by atoms with E-state index in [9.17, 15) is 0 Å². The minimum Gasteiger partial charge on any atom is -0.436 e. The fourth-order valence-electron chi connectivity index (χ4n) is 6.20. The molecule has 0 saturated heterocycles. The number of benzene rings is 4. The van der Waals surface area contributed by atoms with Gasteiger partial charge in [0, 0.05) is 34.2 Å². The number of oxazole rings is 1. The van der Waals surface area contributed by atoms with Gasteiger partial charge in [-0.15, -0.1) is 0 Å². The summed E-state index contributed by atoms with van der Waals surface area (Å²) in [5.41, 5.74) is 11.2. The van der Waals surface area contributed by atoms with Gasteiger partial charge in [0.2, 0.25) is 5.89 Å². The summed E-state index contributed by atoms with van der Waals surface area (Å²) in [6.07, 6.45) is 15.6. The van der Waals surface area contributed by atoms with E-state index in [1.807, 2.05) is 30.3 Å². The highest BCUT2D eigenvalue weighted by Gasteiger charge is 2.32. The van der Waals surface area contributed by atoms with Gasteiger partial charge in [0.1, 0.15) is 5.52 Å². The second kappa shape index (κ2) is 9.83. The van der Waals surface area contributed by atoms with E-state index in [1.54, 1.807) is 0 Å². The molecule has 4 heteroatoms. The van der Waals surface area contributed by atoms with E-state index >= 15 is 0 Å². The zero-order chi connectivity index (χ0) is 27.2. The van der Waals surface area contributed by atoms with Crippen molar-refractivity contribution in [3.8, 4) is 11.5 Å². The molecule has 1 aliphatic heterocycles. The van der Waals surface area contributed by atoms with Gasteiger partial charge < -0.3 is 14.6 Å². The summed E-state index contributed by atoms with van der Waals surface area (Å²) in [4.78, 5) is 7.14. The van der Waals surface area contributed by atoms with Gasteiger partial charge in [-0.1, -0.05) is 78.9 Å². The van der Waals surface area contributed by atoms with Crippen molar-refractivity contribution < 1.29 is 4.42 Å². The minimum absolute atomic E-state index is 0.230. The smallest absolute Gasteiger partial charge is 0.227 e. The third-order valence-electron chi connectivity index (χ3n) is 8.24. The second-order valence-electron chi connectivity index (χ2n) is 10.8. The Labute approximate surface area is 239 Å². The molecular formula is C37H29N3O. The van der Waals surface area contributed by atoms with Crippen molar-refractivity contribution in [3.63, 3.8) is 0 Å². The van der Waals surface area contributed by atoms with Gasteiger partial charge in [0.15, 0.2) is 5.58 Å². The zero-order valence-corrected chi connectivity index (χ0v) is 22.6. The fourth-order valence-corrected chi connectivity index (χ4v) is 6.20. The minimum atomic E-state index is 0.230. The molecule has 2 aliphatic carbocycles. The highest BCUT2D eigenvalue weighted by molar-refractivity contribution is 5.86. The molecular weight excluding hydrogens is 502 g/mol. The number of nitrogens with zero attached hydrogens (tertiary/aromatic N) is 2. The lowest BCUT2D eigenvalue weighted by molar-refractivity contribution is 0.619. The molecule has 1 N–H and O–H groups in total. The molecule has 41 heavy (non-hydrogen) atoms. The van der Waals surface area contributed by atoms with Crippen LogP contribution in [0.1, 0.15) is 29.9 Å². The molecule has 3 aliphatic rings. The maximum atomic E-state index is 6.20. The standard InChI is InChI=1S/C37H29N3O/c1-4-10-26(11-5-1)37-39-35-24-34-32(23-36(35)41-37)31-22-27(18-21-33(31)38-34)25-16-19-30(20-17-25)40(28-12-6-2-7-13-28)29-14-8-3-9-15-29/h1-8,10-14,16-24,31,33,38H,9,15H2. The van der Waals surface area contributed by atoms with E-state index in [4.69, 9.17) is 9.40 Å². The molecule has 0 saturated carbocycles. The van der Waals surface area contributed by atoms with Crippen molar-refractivity contribution in [1.29, 1.82) is 0 Å². The van der Waals surface area contributed by atoms with E-state index in [0.717, 1.165) is 35.2 Å². The Morgan fingerprint density at radius 2 is 1.61 bits per heavy atom. The van der Waals surface area contributed by atoms with Crippen molar-refractivity contribution in [3.05, 3.63) is 150 Å². The Morgan fingerprint density at radius 1 is 0.829 bits per heavy atom. The monoisotopic (exact) mass is 531 g/mol. The first-order chi connectivity index (χ1) is 20.3. The average Bonchev–Trinajstić information content (AvgIpc) is 3.62. The number of nitrogens with one attached hydrogen (secondary N) is 1. The molecule has 8 rings (SSSR count). The zero-order valence-electron chi connectivity index (χ0n) is 22.6. The van der Waals surface area contributed by atoms with Gasteiger partial charge in [0.05, 0.1) is 6.04 Å². The van der Waals surface area contributed by atoms with Crippen LogP contribution in [-0.4, -0.2) is 11.0 Å². The second-order valence-corrected chi connectivity index (χ2v) is 10.8. The lowest BCUT2D eigenvalue weighted by Crippen LogP contribution is -2.19. The van der Waals surface area contributed by atoms with Crippen molar-refractivity contribution in [2.45, 2.75) is 24.8 Å². The van der Waals surface area contributed by atoms with E-state index in [0.29, 0.717) is 5.89 Å². The molecule has 4 nitrogen and oxygen atoms in total. The van der Waals surface area contributed by atoms with Crippen molar-refractivity contribution in [2.24, 2.45) is 0 Å². The van der Waals surface area contributed by atoms with Gasteiger partial charge in [-0.3, -0.25) is 0 Å². The molecule has 0 amide bonds. The fraction of sp³-hybridized carbons (Fsp3) is 0.108. The maximum Gasteiger partial charge on any atom is 0.227 e. The molecule has 0 spiro atoms. The Morgan fingerprint density at radius 3 is 2.39 bits per heavy atom. The summed E-state index contributed by atoms with van der Waals surface area (Å²) >= 11 is 0. The van der Waals surface area contributed by atoms with Crippen LogP contribution in [0.5, 0.6) is 0 Å². The predicted molar refractivity (Wildman–Crippen MR) is 168 cm³/mol. The van der Waals surface area contributed by atoms with Crippen molar-refractivity contribution in [1.82, 2.24) is 4.98 Å². The first-order valence-corrected chi connectivity index (χ1v) is 14.3. The molecule has 1 aromatic heterocycles. The van der Waals surface area contributed by atoms with E-state index in [2.05, 4.69) is 113 Å². The summed E-state index contributed by atoms with van der Waals surface area (Å²) in [5, 5.41) is 3.70. The molecule has 0 bridgehead atoms. The molecule has 5 aromatic rings. The van der Waals surface area contributed by atoms with Crippen LogP contribution < -0.4 is 10.2 Å². The van der Waals surface area contributed by atoms with E-state index in [1.165, 1.54) is 33.8 Å². The van der Waals surface area contributed by atoms with Crippen LogP contribution in [-0.2, 0) is 0 Å². The number of para-hydroxylation sites is 1. The van der Waals surface area contributed by atoms with Gasteiger partial charge in [-0.05, 0) is 84.1 Å². The van der Waals surface area contributed by atoms with Crippen molar-refractivity contribution in [2.75, 3.05) is 10.2 Å². The Bertz CT molecular complexity index is 1860. The van der Waals surface area contributed by atoms with Crippen LogP contribution in [0.2, 0.25) is 0 Å². The first kappa shape index (κ1) is 23.8. The molecule has 2 unspecified atom stereocenters. The molecule has 4 aromatic carbocycles. The molecule has 2 atom stereocenters. The number of allylic oxidation sites excluding steroid dienone is 6. The average molecular weight is 532 g/mol. The first-order valence-electron chi connectivity index (χ1n) is 14.3. The van der Waals surface area contributed by atoms with Crippen molar-refractivity contribution >= 4 is 33.7 Å². The van der Waals surface area contributed by atoms with Crippen LogP contribution in [0, 0.1) is 0 Å². The number of anilines is 3. The third kappa shape index (κ3) is 4.29. The Kier molecular flexibility index (Phi) is 5.70. The predicted octanol–water partition coefficient (Wildman–Crippen LogP) is 9.40. The summed E-state index contributed by atoms with van der Waals surface area (Å²) < 4.78 is 6.20. The number of aromatic nitrogens is 1. The normalized spacial score (nSPS) is 18.8. The number of fused-ring (bicyclic) bond motifs is 4. The largest absolute Gasteiger partial charge is 0.436 e. The highest BCUT2D eigenvalue weighted by Crippen LogP contribution is 2.44. The summed E-state index contributed by atoms with van der Waals surface area (Å²) in [7, 11) is 0. The molecule has 0 radical (unpaired) electrons. The Balaban J connectivity index is 1.11. The molecule has 2 heterocycles. The number of rotatable bonds is 5.